The number of amides is 1. The molecule has 0 aliphatic rings. The Morgan fingerprint density at radius 3 is 2.71 bits per heavy atom. The van der Waals surface area contributed by atoms with E-state index in [4.69, 9.17) is 5.11 Å². The molecule has 1 aromatic carbocycles. The Hall–Kier alpha value is -3.99. The number of aliphatic carboxylic acids is 1. The molecule has 8 nitrogen and oxygen atoms in total. The van der Waals surface area contributed by atoms with E-state index in [9.17, 15) is 20.0 Å². The smallest absolute Gasteiger partial charge is 0.305 e. The maximum Gasteiger partial charge on any atom is 0.305 e. The molecule has 8 heteroatoms. The fourth-order valence-corrected chi connectivity index (χ4v) is 2.89. The molecule has 3 rings (SSSR count). The first-order valence-electron chi connectivity index (χ1n) is 8.36. The van der Waals surface area contributed by atoms with Crippen molar-refractivity contribution >= 4 is 22.6 Å². The molecule has 3 aromatic rings. The molecule has 0 saturated heterocycles. The van der Waals surface area contributed by atoms with E-state index >= 15 is 0 Å². The van der Waals surface area contributed by atoms with Gasteiger partial charge in [-0.2, -0.15) is 5.26 Å². The summed E-state index contributed by atoms with van der Waals surface area (Å²) in [6.45, 7) is 1.84. The maximum atomic E-state index is 12.8. The molecule has 0 bridgehead atoms. The number of aromatic nitrogens is 2. The quantitative estimate of drug-likeness (QED) is 0.622. The minimum Gasteiger partial charge on any atom is -0.505 e. The molecule has 28 heavy (non-hydrogen) atoms. The van der Waals surface area contributed by atoms with Crippen LogP contribution in [0, 0.1) is 18.3 Å². The SMILES string of the molecule is Cc1ccc2c(O)c(C(=O)NC(CC(=O)O)c3cccnc3)nc(C#N)c2c1. The number of aromatic hydroxyl groups is 1. The van der Waals surface area contributed by atoms with Crippen LogP contribution in [0.1, 0.15) is 39.8 Å². The summed E-state index contributed by atoms with van der Waals surface area (Å²) in [7, 11) is 0. The predicted molar refractivity (Wildman–Crippen MR) is 99.6 cm³/mol. The Labute approximate surface area is 160 Å². The summed E-state index contributed by atoms with van der Waals surface area (Å²) < 4.78 is 0. The molecule has 0 spiro atoms. The lowest BCUT2D eigenvalue weighted by Gasteiger charge is -2.17. The Morgan fingerprint density at radius 2 is 2.07 bits per heavy atom. The van der Waals surface area contributed by atoms with E-state index in [-0.39, 0.29) is 23.6 Å². The summed E-state index contributed by atoms with van der Waals surface area (Å²) in [5, 5.41) is 32.4. The van der Waals surface area contributed by atoms with Gasteiger partial charge in [-0.15, -0.1) is 0 Å². The van der Waals surface area contributed by atoms with Gasteiger partial charge in [0.05, 0.1) is 12.5 Å². The summed E-state index contributed by atoms with van der Waals surface area (Å²) in [6, 6.07) is 9.36. The Morgan fingerprint density at radius 1 is 1.29 bits per heavy atom. The topological polar surface area (TPSA) is 136 Å². The summed E-state index contributed by atoms with van der Waals surface area (Å²) >= 11 is 0. The van der Waals surface area contributed by atoms with Gasteiger partial charge in [0.25, 0.3) is 5.91 Å². The molecule has 2 aromatic heterocycles. The van der Waals surface area contributed by atoms with Crippen molar-refractivity contribution in [2.45, 2.75) is 19.4 Å². The number of nitrogens with zero attached hydrogens (tertiary/aromatic N) is 3. The van der Waals surface area contributed by atoms with Crippen LogP contribution in [0.25, 0.3) is 10.8 Å². The number of nitrogens with one attached hydrogen (secondary N) is 1. The number of rotatable bonds is 5. The first-order valence-corrected chi connectivity index (χ1v) is 8.36. The van der Waals surface area contributed by atoms with Crippen molar-refractivity contribution < 1.29 is 19.8 Å². The fourth-order valence-electron chi connectivity index (χ4n) is 2.89. The zero-order chi connectivity index (χ0) is 20.3. The highest BCUT2D eigenvalue weighted by molar-refractivity contribution is 6.03. The van der Waals surface area contributed by atoms with Gasteiger partial charge in [0.1, 0.15) is 11.8 Å². The number of aryl methyl sites for hydroxylation is 1. The number of carbonyl (C=O) groups is 2. The average molecular weight is 376 g/mol. The van der Waals surface area contributed by atoms with Crippen molar-refractivity contribution in [1.29, 1.82) is 5.26 Å². The second-order valence-electron chi connectivity index (χ2n) is 6.23. The van der Waals surface area contributed by atoms with Crippen molar-refractivity contribution in [3.63, 3.8) is 0 Å². The lowest BCUT2D eigenvalue weighted by molar-refractivity contribution is -0.137. The second-order valence-corrected chi connectivity index (χ2v) is 6.23. The van der Waals surface area contributed by atoms with Crippen LogP contribution in [-0.4, -0.2) is 32.1 Å². The molecule has 0 aliphatic heterocycles. The number of carbonyl (C=O) groups excluding carboxylic acids is 1. The van der Waals surface area contributed by atoms with Crippen LogP contribution in [0.3, 0.4) is 0 Å². The molecule has 1 atom stereocenters. The number of fused-ring (bicyclic) bond motifs is 1. The van der Waals surface area contributed by atoms with Gasteiger partial charge in [-0.3, -0.25) is 14.6 Å². The van der Waals surface area contributed by atoms with Crippen LogP contribution >= 0.6 is 0 Å². The molecule has 0 fully saturated rings. The first-order chi connectivity index (χ1) is 13.4. The van der Waals surface area contributed by atoms with Crippen LogP contribution in [-0.2, 0) is 4.79 Å². The molecular formula is C20H16N4O4. The fraction of sp³-hybridized carbons (Fsp3) is 0.150. The summed E-state index contributed by atoms with van der Waals surface area (Å²) in [4.78, 5) is 31.9. The van der Waals surface area contributed by atoms with Gasteiger partial charge in [-0.25, -0.2) is 4.98 Å². The third-order valence-electron chi connectivity index (χ3n) is 4.23. The predicted octanol–water partition coefficient (Wildman–Crippen LogP) is 2.46. The van der Waals surface area contributed by atoms with Gasteiger partial charge in [0.15, 0.2) is 11.4 Å². The number of pyridine rings is 2. The number of nitriles is 1. The molecule has 1 amide bonds. The van der Waals surface area contributed by atoms with Gasteiger partial charge >= 0.3 is 5.97 Å². The highest BCUT2D eigenvalue weighted by atomic mass is 16.4. The molecule has 140 valence electrons. The first kappa shape index (κ1) is 18.8. The van der Waals surface area contributed by atoms with Gasteiger partial charge in [0, 0.05) is 23.2 Å². The van der Waals surface area contributed by atoms with Crippen LogP contribution in [0.4, 0.5) is 0 Å². The third kappa shape index (κ3) is 3.73. The number of hydrogen-bond acceptors (Lipinski definition) is 6. The Balaban J connectivity index is 2.02. The average Bonchev–Trinajstić information content (AvgIpc) is 2.68. The van der Waals surface area contributed by atoms with Gasteiger partial charge in [-0.05, 0) is 24.6 Å². The molecule has 3 N–H and O–H groups in total. The van der Waals surface area contributed by atoms with Crippen LogP contribution in [0.2, 0.25) is 0 Å². The summed E-state index contributed by atoms with van der Waals surface area (Å²) in [5.74, 6) is -2.27. The summed E-state index contributed by atoms with van der Waals surface area (Å²) in [5.41, 5.74) is 1.03. The van der Waals surface area contributed by atoms with Gasteiger partial charge in [-0.1, -0.05) is 23.8 Å². The highest BCUT2D eigenvalue weighted by Gasteiger charge is 2.24. The zero-order valence-corrected chi connectivity index (χ0v) is 14.9. The third-order valence-corrected chi connectivity index (χ3v) is 4.23. The van der Waals surface area contributed by atoms with E-state index in [1.54, 1.807) is 30.3 Å². The molecule has 0 radical (unpaired) electrons. The molecule has 1 unspecified atom stereocenters. The van der Waals surface area contributed by atoms with E-state index in [1.807, 2.05) is 13.0 Å². The second kappa shape index (κ2) is 7.72. The molecule has 0 saturated carbocycles. The normalized spacial score (nSPS) is 11.6. The Kier molecular flexibility index (Phi) is 5.18. The van der Waals surface area contributed by atoms with Gasteiger partial charge < -0.3 is 15.5 Å². The van der Waals surface area contributed by atoms with E-state index in [1.165, 1.54) is 12.4 Å². The molecular weight excluding hydrogens is 360 g/mol. The maximum absolute atomic E-state index is 12.8. The van der Waals surface area contributed by atoms with E-state index < -0.39 is 17.9 Å². The van der Waals surface area contributed by atoms with E-state index in [0.29, 0.717) is 16.3 Å². The minimum absolute atomic E-state index is 0.00203. The number of benzene rings is 1. The van der Waals surface area contributed by atoms with E-state index in [0.717, 1.165) is 5.56 Å². The number of hydrogen-bond donors (Lipinski definition) is 3. The van der Waals surface area contributed by atoms with Crippen LogP contribution in [0.5, 0.6) is 5.75 Å². The van der Waals surface area contributed by atoms with Crippen LogP contribution in [0.15, 0.2) is 42.7 Å². The van der Waals surface area contributed by atoms with Crippen molar-refractivity contribution in [2.24, 2.45) is 0 Å². The zero-order valence-electron chi connectivity index (χ0n) is 14.9. The minimum atomic E-state index is -1.11. The number of carboxylic acid groups (broad SMARTS) is 1. The van der Waals surface area contributed by atoms with Crippen molar-refractivity contribution in [2.75, 3.05) is 0 Å². The van der Waals surface area contributed by atoms with Crippen molar-refractivity contribution in [3.8, 4) is 11.8 Å². The Bertz CT molecular complexity index is 1110. The highest BCUT2D eigenvalue weighted by Crippen LogP contribution is 2.30. The summed E-state index contributed by atoms with van der Waals surface area (Å²) in [6.07, 6.45) is 2.60. The largest absolute Gasteiger partial charge is 0.505 e. The van der Waals surface area contributed by atoms with Crippen molar-refractivity contribution in [3.05, 3.63) is 65.2 Å². The van der Waals surface area contributed by atoms with E-state index in [2.05, 4.69) is 15.3 Å². The lowest BCUT2D eigenvalue weighted by Crippen LogP contribution is -2.31. The van der Waals surface area contributed by atoms with Crippen molar-refractivity contribution in [1.82, 2.24) is 15.3 Å². The molecule has 0 aliphatic carbocycles. The number of carboxylic acids is 1. The lowest BCUT2D eigenvalue weighted by atomic mass is 10.0. The van der Waals surface area contributed by atoms with Gasteiger partial charge in [0.2, 0.25) is 0 Å². The van der Waals surface area contributed by atoms with Crippen LogP contribution < -0.4 is 5.32 Å². The monoisotopic (exact) mass is 376 g/mol. The molecule has 2 heterocycles. The standard InChI is InChI=1S/C20H16N4O4/c1-11-4-5-13-14(7-11)16(9-21)23-18(19(13)27)20(28)24-15(8-17(25)26)12-3-2-6-22-10-12/h2-7,10,15,27H,8H2,1H3,(H,24,28)(H,25,26).